The highest BCUT2D eigenvalue weighted by Gasteiger charge is 2.26. The van der Waals surface area contributed by atoms with E-state index in [1.165, 1.54) is 13.3 Å². The predicted molar refractivity (Wildman–Crippen MR) is 107 cm³/mol. The van der Waals surface area contributed by atoms with Crippen LogP contribution in [-0.2, 0) is 9.53 Å². The van der Waals surface area contributed by atoms with Crippen LogP contribution in [0.4, 0.5) is 5.00 Å². The molecule has 9 nitrogen and oxygen atoms in total. The van der Waals surface area contributed by atoms with Gasteiger partial charge in [0, 0.05) is 20.0 Å². The first-order chi connectivity index (χ1) is 13.9. The molecule has 2 heterocycles. The number of hydrogen-bond donors (Lipinski definition) is 3. The Morgan fingerprint density at radius 1 is 1.21 bits per heavy atom. The van der Waals surface area contributed by atoms with E-state index in [4.69, 9.17) is 9.15 Å². The van der Waals surface area contributed by atoms with Gasteiger partial charge in [0.05, 0.1) is 23.3 Å². The second kappa shape index (κ2) is 10.4. The smallest absolute Gasteiger partial charge is 0.341 e. The number of amides is 3. The summed E-state index contributed by atoms with van der Waals surface area (Å²) in [4.78, 5) is 48.7. The Bertz CT molecular complexity index is 888. The Labute approximate surface area is 171 Å². The molecule has 0 aliphatic rings. The third kappa shape index (κ3) is 5.67. The molecule has 3 amide bonds. The highest BCUT2D eigenvalue weighted by molar-refractivity contribution is 7.18. The molecule has 0 aliphatic heterocycles. The fraction of sp³-hybridized carbons (Fsp3) is 0.368. The molecule has 156 valence electrons. The molecule has 0 saturated heterocycles. The Morgan fingerprint density at radius 2 is 1.97 bits per heavy atom. The molecule has 2 aromatic rings. The molecule has 0 spiro atoms. The van der Waals surface area contributed by atoms with Crippen molar-refractivity contribution in [2.75, 3.05) is 25.5 Å². The predicted octanol–water partition coefficient (Wildman–Crippen LogP) is 2.33. The number of furan rings is 1. The van der Waals surface area contributed by atoms with Gasteiger partial charge in [0.2, 0.25) is 5.91 Å². The van der Waals surface area contributed by atoms with E-state index < -0.39 is 5.97 Å². The molecular formula is C19H23N3O6S. The van der Waals surface area contributed by atoms with E-state index in [-0.39, 0.29) is 53.6 Å². The second-order valence-electron chi connectivity index (χ2n) is 5.94. The topological polar surface area (TPSA) is 127 Å². The van der Waals surface area contributed by atoms with Crippen molar-refractivity contribution >= 4 is 40.0 Å². The molecular weight excluding hydrogens is 398 g/mol. The minimum absolute atomic E-state index is 0.118. The molecule has 0 radical (unpaired) electrons. The molecule has 0 fully saturated rings. The summed E-state index contributed by atoms with van der Waals surface area (Å²) in [6.07, 6.45) is 1.91. The van der Waals surface area contributed by atoms with Crippen LogP contribution in [0.15, 0.2) is 22.8 Å². The minimum atomic E-state index is -0.600. The van der Waals surface area contributed by atoms with Crippen LogP contribution in [-0.4, -0.2) is 43.9 Å². The minimum Gasteiger partial charge on any atom is -0.462 e. The lowest BCUT2D eigenvalue weighted by molar-refractivity contribution is -0.116. The maximum Gasteiger partial charge on any atom is 0.341 e. The Morgan fingerprint density at radius 3 is 2.59 bits per heavy atom. The van der Waals surface area contributed by atoms with Gasteiger partial charge in [-0.2, -0.15) is 0 Å². The molecule has 0 unspecified atom stereocenters. The molecule has 0 saturated carbocycles. The molecule has 0 bridgehead atoms. The summed E-state index contributed by atoms with van der Waals surface area (Å²) in [5.74, 6) is -1.45. The van der Waals surface area contributed by atoms with Gasteiger partial charge >= 0.3 is 5.97 Å². The third-order valence-corrected chi connectivity index (χ3v) is 5.13. The zero-order chi connectivity index (χ0) is 21.4. The lowest BCUT2D eigenvalue weighted by Crippen LogP contribution is -2.25. The Balaban J connectivity index is 1.98. The van der Waals surface area contributed by atoms with Crippen molar-refractivity contribution in [1.82, 2.24) is 10.6 Å². The molecule has 2 rings (SSSR count). The van der Waals surface area contributed by atoms with Gasteiger partial charge in [-0.3, -0.25) is 14.4 Å². The van der Waals surface area contributed by atoms with Gasteiger partial charge in [-0.25, -0.2) is 4.79 Å². The maximum absolute atomic E-state index is 12.3. The quantitative estimate of drug-likeness (QED) is 0.421. The molecule has 29 heavy (non-hydrogen) atoms. The number of anilines is 1. The molecule has 3 N–H and O–H groups in total. The van der Waals surface area contributed by atoms with Crippen molar-refractivity contribution in [1.29, 1.82) is 0 Å². The van der Waals surface area contributed by atoms with Gasteiger partial charge in [-0.05, 0) is 38.0 Å². The SMILES string of the molecule is CCOC(=O)c1c(NC(=O)CCCNC(=O)c2ccco2)sc(C(=O)NC)c1C. The van der Waals surface area contributed by atoms with Crippen molar-refractivity contribution in [3.05, 3.63) is 40.2 Å². The monoisotopic (exact) mass is 421 g/mol. The molecule has 0 aliphatic carbocycles. The molecule has 10 heteroatoms. The van der Waals surface area contributed by atoms with E-state index in [1.807, 2.05) is 0 Å². The first-order valence-corrected chi connectivity index (χ1v) is 9.84. The van der Waals surface area contributed by atoms with E-state index in [9.17, 15) is 19.2 Å². The van der Waals surface area contributed by atoms with Crippen molar-refractivity contribution in [2.45, 2.75) is 26.7 Å². The Hall–Kier alpha value is -3.14. The van der Waals surface area contributed by atoms with E-state index in [2.05, 4.69) is 16.0 Å². The second-order valence-corrected chi connectivity index (χ2v) is 6.97. The normalized spacial score (nSPS) is 10.3. The summed E-state index contributed by atoms with van der Waals surface area (Å²) in [6.45, 7) is 3.76. The van der Waals surface area contributed by atoms with Crippen LogP contribution >= 0.6 is 11.3 Å². The number of nitrogens with one attached hydrogen (secondary N) is 3. The number of rotatable bonds is 9. The van der Waals surface area contributed by atoms with Crippen LogP contribution in [0, 0.1) is 6.92 Å². The average Bonchev–Trinajstić information content (AvgIpc) is 3.33. The largest absolute Gasteiger partial charge is 0.462 e. The van der Waals surface area contributed by atoms with E-state index in [0.29, 0.717) is 16.9 Å². The first-order valence-electron chi connectivity index (χ1n) is 9.03. The van der Waals surface area contributed by atoms with Crippen molar-refractivity contribution < 1.29 is 28.3 Å². The van der Waals surface area contributed by atoms with Gasteiger partial charge in [-0.1, -0.05) is 0 Å². The van der Waals surface area contributed by atoms with Crippen LogP contribution < -0.4 is 16.0 Å². The van der Waals surface area contributed by atoms with Crippen LogP contribution in [0.25, 0.3) is 0 Å². The van der Waals surface area contributed by atoms with Gasteiger partial charge in [0.1, 0.15) is 5.00 Å². The summed E-state index contributed by atoms with van der Waals surface area (Å²) >= 11 is 1.02. The lowest BCUT2D eigenvalue weighted by Gasteiger charge is -2.07. The maximum atomic E-state index is 12.3. The van der Waals surface area contributed by atoms with E-state index in [1.54, 1.807) is 26.0 Å². The van der Waals surface area contributed by atoms with Crippen molar-refractivity contribution in [2.24, 2.45) is 0 Å². The van der Waals surface area contributed by atoms with Gasteiger partial charge in [0.25, 0.3) is 11.8 Å². The van der Waals surface area contributed by atoms with Crippen LogP contribution in [0.3, 0.4) is 0 Å². The highest BCUT2D eigenvalue weighted by atomic mass is 32.1. The van der Waals surface area contributed by atoms with Crippen LogP contribution in [0.1, 0.15) is 55.9 Å². The molecule has 0 aromatic carbocycles. The number of thiophene rings is 1. The number of ether oxygens (including phenoxy) is 1. The zero-order valence-corrected chi connectivity index (χ0v) is 17.2. The van der Waals surface area contributed by atoms with E-state index >= 15 is 0 Å². The first kappa shape index (κ1) is 22.2. The number of esters is 1. The highest BCUT2D eigenvalue weighted by Crippen LogP contribution is 2.33. The van der Waals surface area contributed by atoms with Crippen molar-refractivity contribution in [3.63, 3.8) is 0 Å². The average molecular weight is 421 g/mol. The molecule has 2 aromatic heterocycles. The summed E-state index contributed by atoms with van der Waals surface area (Å²) in [5.41, 5.74) is 0.628. The lowest BCUT2D eigenvalue weighted by atomic mass is 10.1. The summed E-state index contributed by atoms with van der Waals surface area (Å²) in [7, 11) is 1.49. The van der Waals surface area contributed by atoms with Crippen LogP contribution in [0.5, 0.6) is 0 Å². The zero-order valence-electron chi connectivity index (χ0n) is 16.4. The molecule has 0 atom stereocenters. The third-order valence-electron chi connectivity index (χ3n) is 3.92. The van der Waals surface area contributed by atoms with Gasteiger partial charge < -0.3 is 25.1 Å². The number of hydrogen-bond acceptors (Lipinski definition) is 7. The van der Waals surface area contributed by atoms with E-state index in [0.717, 1.165) is 11.3 Å². The van der Waals surface area contributed by atoms with Crippen molar-refractivity contribution in [3.8, 4) is 0 Å². The van der Waals surface area contributed by atoms with Crippen LogP contribution in [0.2, 0.25) is 0 Å². The fourth-order valence-corrected chi connectivity index (χ4v) is 3.67. The number of carbonyl (C=O) groups is 4. The number of carbonyl (C=O) groups excluding carboxylic acids is 4. The summed E-state index contributed by atoms with van der Waals surface area (Å²) < 4.78 is 10.0. The standard InChI is InChI=1S/C19H23N3O6S/c1-4-27-19(26)14-11(2)15(17(25)20-3)29-18(14)22-13(23)8-5-9-21-16(24)12-7-6-10-28-12/h6-7,10H,4-5,8-9H2,1-3H3,(H,20,25)(H,21,24)(H,22,23). The summed E-state index contributed by atoms with van der Waals surface area (Å²) in [5, 5.41) is 8.10. The van der Waals surface area contributed by atoms with Gasteiger partial charge in [0.15, 0.2) is 5.76 Å². The van der Waals surface area contributed by atoms with Gasteiger partial charge in [-0.15, -0.1) is 11.3 Å². The fourth-order valence-electron chi connectivity index (χ4n) is 2.52. The summed E-state index contributed by atoms with van der Waals surface area (Å²) in [6, 6.07) is 3.15. The Kier molecular flexibility index (Phi) is 7.96.